The number of nitrogens with zero attached hydrogens (tertiary/aromatic N) is 1. The van der Waals surface area contributed by atoms with Gasteiger partial charge in [0.05, 0.1) is 12.0 Å². The van der Waals surface area contributed by atoms with E-state index in [9.17, 15) is 4.79 Å². The number of carbonyl (C=O) groups is 1. The van der Waals surface area contributed by atoms with Crippen LogP contribution in [0.1, 0.15) is 34.5 Å². The lowest BCUT2D eigenvalue weighted by Gasteiger charge is -2.16. The van der Waals surface area contributed by atoms with Crippen molar-refractivity contribution in [2.24, 2.45) is 0 Å². The summed E-state index contributed by atoms with van der Waals surface area (Å²) in [4.78, 5) is 16.5. The number of rotatable bonds is 3. The van der Waals surface area contributed by atoms with E-state index in [2.05, 4.69) is 28.5 Å². The Balaban J connectivity index is 1.55. The summed E-state index contributed by atoms with van der Waals surface area (Å²) in [6, 6.07) is 9.89. The Kier molecular flexibility index (Phi) is 3.71. The van der Waals surface area contributed by atoms with Gasteiger partial charge in [0.1, 0.15) is 0 Å². The number of carbonyl (C=O) groups excluding carboxylic acids is 1. The van der Waals surface area contributed by atoms with Crippen molar-refractivity contribution >= 4 is 22.4 Å². The van der Waals surface area contributed by atoms with E-state index in [0.29, 0.717) is 5.13 Å². The van der Waals surface area contributed by atoms with Crippen molar-refractivity contribution in [2.45, 2.75) is 25.7 Å². The van der Waals surface area contributed by atoms with Gasteiger partial charge in [0.25, 0.3) is 5.91 Å². The maximum atomic E-state index is 12.0. The molecule has 0 radical (unpaired) electrons. The van der Waals surface area contributed by atoms with Gasteiger partial charge in [-0.05, 0) is 55.0 Å². The Morgan fingerprint density at radius 1 is 1.17 bits per heavy atom. The molecule has 0 fully saturated rings. The summed E-state index contributed by atoms with van der Waals surface area (Å²) >= 11 is 1.42. The second-order valence-electron chi connectivity index (χ2n) is 5.66. The molecule has 2 aromatic heterocycles. The number of anilines is 1. The van der Waals surface area contributed by atoms with E-state index in [4.69, 9.17) is 4.42 Å². The molecule has 0 saturated carbocycles. The lowest BCUT2D eigenvalue weighted by atomic mass is 9.90. The third-order valence-electron chi connectivity index (χ3n) is 4.11. The molecule has 1 N–H and O–H groups in total. The van der Waals surface area contributed by atoms with Gasteiger partial charge in [-0.2, -0.15) is 0 Å². The second kappa shape index (κ2) is 6.01. The van der Waals surface area contributed by atoms with Crippen LogP contribution in [0, 0.1) is 0 Å². The Morgan fingerprint density at radius 2 is 2.04 bits per heavy atom. The number of amides is 1. The number of nitrogens with one attached hydrogen (secondary N) is 1. The zero-order valence-electron chi connectivity index (χ0n) is 12.5. The molecule has 0 atom stereocenters. The average molecular weight is 324 g/mol. The van der Waals surface area contributed by atoms with Crippen molar-refractivity contribution in [3.8, 4) is 11.3 Å². The van der Waals surface area contributed by atoms with Gasteiger partial charge in [-0.3, -0.25) is 10.1 Å². The second-order valence-corrected chi connectivity index (χ2v) is 6.52. The van der Waals surface area contributed by atoms with Crippen LogP contribution < -0.4 is 5.32 Å². The van der Waals surface area contributed by atoms with Gasteiger partial charge in [-0.15, -0.1) is 11.3 Å². The Labute approximate surface area is 138 Å². The zero-order chi connectivity index (χ0) is 15.6. The Hall–Kier alpha value is -2.40. The number of furan rings is 1. The summed E-state index contributed by atoms with van der Waals surface area (Å²) in [5.74, 6) is 0.0110. The topological polar surface area (TPSA) is 55.1 Å². The van der Waals surface area contributed by atoms with Gasteiger partial charge in [-0.1, -0.05) is 12.1 Å². The van der Waals surface area contributed by atoms with E-state index in [-0.39, 0.29) is 11.7 Å². The van der Waals surface area contributed by atoms with E-state index in [0.717, 1.165) is 17.7 Å². The maximum Gasteiger partial charge on any atom is 0.293 e. The minimum Gasteiger partial charge on any atom is -0.459 e. The highest BCUT2D eigenvalue weighted by atomic mass is 32.1. The van der Waals surface area contributed by atoms with Crippen LogP contribution in [0.4, 0.5) is 5.13 Å². The molecule has 1 amide bonds. The van der Waals surface area contributed by atoms with Crippen LogP contribution >= 0.6 is 11.3 Å². The summed E-state index contributed by atoms with van der Waals surface area (Å²) in [7, 11) is 0. The third kappa shape index (κ3) is 2.92. The molecule has 1 aliphatic carbocycles. The fourth-order valence-corrected chi connectivity index (χ4v) is 3.64. The summed E-state index contributed by atoms with van der Waals surface area (Å²) < 4.78 is 5.09. The molecular formula is C18H16N2O2S. The summed E-state index contributed by atoms with van der Waals surface area (Å²) in [5.41, 5.74) is 4.91. The fraction of sp³-hybridized carbons (Fsp3) is 0.222. The van der Waals surface area contributed by atoms with E-state index in [1.54, 1.807) is 12.1 Å². The molecule has 1 aliphatic rings. The Bertz CT molecular complexity index is 837. The van der Waals surface area contributed by atoms with Crippen LogP contribution in [-0.2, 0) is 12.8 Å². The summed E-state index contributed by atoms with van der Waals surface area (Å²) in [6.45, 7) is 0. The fourth-order valence-electron chi connectivity index (χ4n) is 2.92. The predicted octanol–water partition coefficient (Wildman–Crippen LogP) is 4.53. The van der Waals surface area contributed by atoms with Crippen molar-refractivity contribution in [1.29, 1.82) is 0 Å². The first kappa shape index (κ1) is 14.2. The summed E-state index contributed by atoms with van der Waals surface area (Å²) in [6.07, 6.45) is 6.35. The molecule has 0 aliphatic heterocycles. The first-order valence-electron chi connectivity index (χ1n) is 7.72. The van der Waals surface area contributed by atoms with Crippen LogP contribution in [0.3, 0.4) is 0 Å². The molecule has 23 heavy (non-hydrogen) atoms. The third-order valence-corrected chi connectivity index (χ3v) is 4.87. The van der Waals surface area contributed by atoms with Crippen molar-refractivity contribution in [2.75, 3.05) is 5.32 Å². The normalized spacial score (nSPS) is 13.6. The van der Waals surface area contributed by atoms with Crippen LogP contribution in [0.5, 0.6) is 0 Å². The molecule has 1 aromatic carbocycles. The van der Waals surface area contributed by atoms with Crippen LogP contribution in [0.15, 0.2) is 46.4 Å². The average Bonchev–Trinajstić information content (AvgIpc) is 3.26. The lowest BCUT2D eigenvalue weighted by molar-refractivity contribution is 0.0996. The monoisotopic (exact) mass is 324 g/mol. The molecule has 3 aromatic rings. The molecule has 2 heterocycles. The summed E-state index contributed by atoms with van der Waals surface area (Å²) in [5, 5.41) is 5.33. The minimum absolute atomic E-state index is 0.277. The smallest absolute Gasteiger partial charge is 0.293 e. The lowest BCUT2D eigenvalue weighted by Crippen LogP contribution is -2.10. The van der Waals surface area contributed by atoms with Gasteiger partial charge in [0.2, 0.25) is 0 Å². The first-order valence-corrected chi connectivity index (χ1v) is 8.60. The molecular weight excluding hydrogens is 308 g/mol. The van der Waals surface area contributed by atoms with Crippen molar-refractivity contribution in [3.63, 3.8) is 0 Å². The molecule has 116 valence electrons. The standard InChI is InChI=1S/C18H16N2O2S/c21-17(16-6-3-9-22-16)20-18-19-15(11-23-18)14-8-7-12-4-1-2-5-13(12)10-14/h3,6-11H,1-2,4-5H2,(H,19,20,21). The molecule has 0 saturated heterocycles. The quantitative estimate of drug-likeness (QED) is 0.770. The minimum atomic E-state index is -0.277. The molecule has 4 rings (SSSR count). The number of aromatic nitrogens is 1. The largest absolute Gasteiger partial charge is 0.459 e. The van der Waals surface area contributed by atoms with E-state index < -0.39 is 0 Å². The van der Waals surface area contributed by atoms with Crippen molar-refractivity contribution < 1.29 is 9.21 Å². The van der Waals surface area contributed by atoms with E-state index in [1.165, 1.54) is 48.0 Å². The van der Waals surface area contributed by atoms with Gasteiger partial charge in [0, 0.05) is 10.9 Å². The number of thiazole rings is 1. The van der Waals surface area contributed by atoms with Crippen LogP contribution in [0.25, 0.3) is 11.3 Å². The Morgan fingerprint density at radius 3 is 2.87 bits per heavy atom. The zero-order valence-corrected chi connectivity index (χ0v) is 13.4. The van der Waals surface area contributed by atoms with Gasteiger partial charge in [-0.25, -0.2) is 4.98 Å². The highest BCUT2D eigenvalue weighted by Gasteiger charge is 2.14. The molecule has 4 nitrogen and oxygen atoms in total. The van der Waals surface area contributed by atoms with Gasteiger partial charge < -0.3 is 4.42 Å². The van der Waals surface area contributed by atoms with Crippen molar-refractivity contribution in [1.82, 2.24) is 4.98 Å². The number of hydrogen-bond acceptors (Lipinski definition) is 4. The highest BCUT2D eigenvalue weighted by Crippen LogP contribution is 2.29. The van der Waals surface area contributed by atoms with E-state index in [1.807, 2.05) is 5.38 Å². The van der Waals surface area contributed by atoms with Gasteiger partial charge >= 0.3 is 0 Å². The van der Waals surface area contributed by atoms with E-state index >= 15 is 0 Å². The first-order chi connectivity index (χ1) is 11.3. The van der Waals surface area contributed by atoms with Crippen molar-refractivity contribution in [3.05, 3.63) is 58.9 Å². The molecule has 0 spiro atoms. The molecule has 5 heteroatoms. The van der Waals surface area contributed by atoms with Crippen LogP contribution in [0.2, 0.25) is 0 Å². The predicted molar refractivity (Wildman–Crippen MR) is 90.9 cm³/mol. The maximum absolute atomic E-state index is 12.0. The van der Waals surface area contributed by atoms with Gasteiger partial charge in [0.15, 0.2) is 10.9 Å². The number of aryl methyl sites for hydroxylation is 2. The number of hydrogen-bond donors (Lipinski definition) is 1. The SMILES string of the molecule is O=C(Nc1nc(-c2ccc3c(c2)CCCC3)cs1)c1ccco1. The molecule has 0 bridgehead atoms. The molecule has 0 unspecified atom stereocenters. The number of fused-ring (bicyclic) bond motifs is 1. The number of benzene rings is 1. The van der Waals surface area contributed by atoms with Crippen LogP contribution in [-0.4, -0.2) is 10.9 Å². The highest BCUT2D eigenvalue weighted by molar-refractivity contribution is 7.14.